The van der Waals surface area contributed by atoms with E-state index in [1.54, 1.807) is 13.0 Å². The molecule has 13 heavy (non-hydrogen) atoms. The Hall–Kier alpha value is -0.830. The van der Waals surface area contributed by atoms with E-state index < -0.39 is 0 Å². The molecule has 0 bridgehead atoms. The lowest BCUT2D eigenvalue weighted by molar-refractivity contribution is -0.248. The Kier molecular flexibility index (Phi) is 3.48. The Morgan fingerprint density at radius 2 is 2.38 bits per heavy atom. The molecule has 3 nitrogen and oxygen atoms in total. The topological polar surface area (TPSA) is 35.5 Å². The monoisotopic (exact) mass is 184 g/mol. The van der Waals surface area contributed by atoms with Gasteiger partial charge in [-0.25, -0.2) is 4.79 Å². The fraction of sp³-hybridized carbons (Fsp3) is 0.700. The summed E-state index contributed by atoms with van der Waals surface area (Å²) in [5.74, 6) is 0.110. The lowest BCUT2D eigenvalue weighted by atomic mass is 10.0. The van der Waals surface area contributed by atoms with Crippen molar-refractivity contribution < 1.29 is 14.3 Å². The summed E-state index contributed by atoms with van der Waals surface area (Å²) in [6.07, 6.45) is 2.42. The first-order valence-corrected chi connectivity index (χ1v) is 4.64. The SMILES string of the molecule is C/C=C(\C)C(=O)OC1OCC1CC. The van der Waals surface area contributed by atoms with E-state index in [0.717, 1.165) is 6.42 Å². The van der Waals surface area contributed by atoms with E-state index in [-0.39, 0.29) is 12.3 Å². The minimum atomic E-state index is -0.313. The van der Waals surface area contributed by atoms with E-state index in [9.17, 15) is 4.79 Å². The van der Waals surface area contributed by atoms with Crippen molar-refractivity contribution in [2.75, 3.05) is 6.61 Å². The molecule has 1 aliphatic heterocycles. The molecule has 1 saturated heterocycles. The third-order valence-corrected chi connectivity index (χ3v) is 2.36. The van der Waals surface area contributed by atoms with E-state index in [2.05, 4.69) is 6.92 Å². The number of esters is 1. The lowest BCUT2D eigenvalue weighted by Crippen LogP contribution is -2.42. The van der Waals surface area contributed by atoms with Crippen LogP contribution in [0.4, 0.5) is 0 Å². The second kappa shape index (κ2) is 4.42. The molecule has 0 aliphatic carbocycles. The highest BCUT2D eigenvalue weighted by atomic mass is 16.7. The maximum atomic E-state index is 11.3. The fourth-order valence-corrected chi connectivity index (χ4v) is 1.07. The molecule has 0 saturated carbocycles. The molecule has 0 amide bonds. The van der Waals surface area contributed by atoms with Crippen LogP contribution in [-0.2, 0) is 14.3 Å². The van der Waals surface area contributed by atoms with E-state index >= 15 is 0 Å². The molecule has 0 aromatic carbocycles. The van der Waals surface area contributed by atoms with Gasteiger partial charge in [0, 0.05) is 11.5 Å². The molecule has 0 aromatic heterocycles. The molecule has 1 rings (SSSR count). The fourth-order valence-electron chi connectivity index (χ4n) is 1.07. The van der Waals surface area contributed by atoms with Gasteiger partial charge in [0.15, 0.2) is 0 Å². The van der Waals surface area contributed by atoms with Gasteiger partial charge in [-0.2, -0.15) is 0 Å². The summed E-state index contributed by atoms with van der Waals surface area (Å²) >= 11 is 0. The zero-order valence-electron chi connectivity index (χ0n) is 8.37. The van der Waals surface area contributed by atoms with Crippen LogP contribution in [-0.4, -0.2) is 18.9 Å². The Bertz CT molecular complexity index is 218. The summed E-state index contributed by atoms with van der Waals surface area (Å²) in [5.41, 5.74) is 0.630. The van der Waals surface area contributed by atoms with Crippen molar-refractivity contribution in [2.24, 2.45) is 5.92 Å². The molecule has 0 spiro atoms. The van der Waals surface area contributed by atoms with Crippen LogP contribution in [0.1, 0.15) is 27.2 Å². The van der Waals surface area contributed by atoms with E-state index in [1.165, 1.54) is 0 Å². The highest BCUT2D eigenvalue weighted by Crippen LogP contribution is 2.25. The van der Waals surface area contributed by atoms with E-state index in [4.69, 9.17) is 9.47 Å². The zero-order chi connectivity index (χ0) is 9.84. The third-order valence-electron chi connectivity index (χ3n) is 2.36. The normalized spacial score (nSPS) is 28.1. The highest BCUT2D eigenvalue weighted by molar-refractivity contribution is 5.87. The minimum absolute atomic E-state index is 0.273. The van der Waals surface area contributed by atoms with Gasteiger partial charge in [0.05, 0.1) is 6.61 Å². The van der Waals surface area contributed by atoms with Gasteiger partial charge in [-0.05, 0) is 20.3 Å². The van der Waals surface area contributed by atoms with E-state index in [1.807, 2.05) is 6.92 Å². The zero-order valence-corrected chi connectivity index (χ0v) is 8.37. The van der Waals surface area contributed by atoms with Gasteiger partial charge in [0.1, 0.15) is 0 Å². The minimum Gasteiger partial charge on any atom is -0.432 e. The third kappa shape index (κ3) is 2.31. The highest BCUT2D eigenvalue weighted by Gasteiger charge is 2.33. The van der Waals surface area contributed by atoms with Gasteiger partial charge < -0.3 is 9.47 Å². The van der Waals surface area contributed by atoms with Crippen molar-refractivity contribution >= 4 is 5.97 Å². The first kappa shape index (κ1) is 10.3. The molecule has 74 valence electrons. The van der Waals surface area contributed by atoms with Crippen molar-refractivity contribution in [1.82, 2.24) is 0 Å². The Morgan fingerprint density at radius 1 is 1.69 bits per heavy atom. The number of carbonyl (C=O) groups excluding carboxylic acids is 1. The Balaban J connectivity index is 2.37. The molecule has 1 fully saturated rings. The summed E-state index contributed by atoms with van der Waals surface area (Å²) in [6.45, 7) is 6.33. The Labute approximate surface area is 78.7 Å². The van der Waals surface area contributed by atoms with Gasteiger partial charge in [0.2, 0.25) is 6.29 Å². The van der Waals surface area contributed by atoms with Gasteiger partial charge >= 0.3 is 5.97 Å². The molecular weight excluding hydrogens is 168 g/mol. The predicted molar refractivity (Wildman–Crippen MR) is 49.0 cm³/mol. The van der Waals surface area contributed by atoms with Crippen molar-refractivity contribution in [2.45, 2.75) is 33.5 Å². The standard InChI is InChI=1S/C10H16O3/c1-4-7(3)9(11)13-10-8(5-2)6-12-10/h4,8,10H,5-6H2,1-3H3/b7-4+. The quantitative estimate of drug-likeness (QED) is 0.496. The molecule has 3 heteroatoms. The van der Waals surface area contributed by atoms with Crippen LogP contribution in [0.5, 0.6) is 0 Å². The number of ether oxygens (including phenoxy) is 2. The summed E-state index contributed by atoms with van der Waals surface area (Å²) in [6, 6.07) is 0. The largest absolute Gasteiger partial charge is 0.432 e. The molecule has 2 unspecified atom stereocenters. The molecule has 0 aromatic rings. The van der Waals surface area contributed by atoms with Crippen LogP contribution >= 0.6 is 0 Å². The number of rotatable bonds is 3. The van der Waals surface area contributed by atoms with Crippen LogP contribution < -0.4 is 0 Å². The molecule has 2 atom stereocenters. The van der Waals surface area contributed by atoms with Crippen LogP contribution in [0.15, 0.2) is 11.6 Å². The van der Waals surface area contributed by atoms with Crippen LogP contribution in [0.2, 0.25) is 0 Å². The van der Waals surface area contributed by atoms with E-state index in [0.29, 0.717) is 18.1 Å². The number of carbonyl (C=O) groups is 1. The van der Waals surface area contributed by atoms with Crippen molar-refractivity contribution in [3.63, 3.8) is 0 Å². The van der Waals surface area contributed by atoms with Crippen LogP contribution in [0.3, 0.4) is 0 Å². The van der Waals surface area contributed by atoms with Crippen molar-refractivity contribution in [3.8, 4) is 0 Å². The second-order valence-corrected chi connectivity index (χ2v) is 3.25. The van der Waals surface area contributed by atoms with Crippen LogP contribution in [0.25, 0.3) is 0 Å². The van der Waals surface area contributed by atoms with Crippen molar-refractivity contribution in [3.05, 3.63) is 11.6 Å². The Morgan fingerprint density at radius 3 is 2.77 bits per heavy atom. The first-order chi connectivity index (χ1) is 6.19. The van der Waals surface area contributed by atoms with Gasteiger partial charge in [-0.1, -0.05) is 13.0 Å². The van der Waals surface area contributed by atoms with Crippen LogP contribution in [0, 0.1) is 5.92 Å². The number of hydrogen-bond donors (Lipinski definition) is 0. The average molecular weight is 184 g/mol. The smallest absolute Gasteiger partial charge is 0.335 e. The molecule has 0 radical (unpaired) electrons. The van der Waals surface area contributed by atoms with Gasteiger partial charge in [-0.15, -0.1) is 0 Å². The summed E-state index contributed by atoms with van der Waals surface area (Å²) in [7, 11) is 0. The molecule has 1 aliphatic rings. The summed E-state index contributed by atoms with van der Waals surface area (Å²) in [5, 5.41) is 0. The molecule has 1 heterocycles. The summed E-state index contributed by atoms with van der Waals surface area (Å²) in [4.78, 5) is 11.3. The second-order valence-electron chi connectivity index (χ2n) is 3.25. The lowest BCUT2D eigenvalue weighted by Gasteiger charge is -2.35. The van der Waals surface area contributed by atoms with Gasteiger partial charge in [0.25, 0.3) is 0 Å². The summed E-state index contributed by atoms with van der Waals surface area (Å²) < 4.78 is 10.2. The van der Waals surface area contributed by atoms with Crippen molar-refractivity contribution in [1.29, 1.82) is 0 Å². The number of hydrogen-bond acceptors (Lipinski definition) is 3. The predicted octanol–water partition coefficient (Wildman–Crippen LogP) is 1.88. The van der Waals surface area contributed by atoms with Gasteiger partial charge in [-0.3, -0.25) is 0 Å². The molecular formula is C10H16O3. The first-order valence-electron chi connectivity index (χ1n) is 4.64. The number of allylic oxidation sites excluding steroid dienone is 1. The maximum Gasteiger partial charge on any atom is 0.335 e. The average Bonchev–Trinajstić information content (AvgIpc) is 2.11. The molecule has 0 N–H and O–H groups in total. The maximum absolute atomic E-state index is 11.3.